The maximum absolute atomic E-state index is 9.88. The second-order valence-electron chi connectivity index (χ2n) is 4.90. The third-order valence-corrected chi connectivity index (χ3v) is 3.15. The molecule has 0 fully saturated rings. The maximum Gasteiger partial charge on any atom is 0.129 e. The molecule has 2 N–H and O–H groups in total. The van der Waals surface area contributed by atoms with E-state index in [0.29, 0.717) is 18.2 Å². The summed E-state index contributed by atoms with van der Waals surface area (Å²) < 4.78 is 5.55. The van der Waals surface area contributed by atoms with Crippen molar-refractivity contribution in [2.75, 3.05) is 13.2 Å². The van der Waals surface area contributed by atoms with Crippen LogP contribution in [0.1, 0.15) is 11.1 Å². The zero-order valence-electron chi connectivity index (χ0n) is 11.9. The summed E-state index contributed by atoms with van der Waals surface area (Å²) in [6.45, 7) is 3.35. The summed E-state index contributed by atoms with van der Waals surface area (Å²) in [5, 5.41) is 13.5. The second kappa shape index (κ2) is 7.98. The van der Waals surface area contributed by atoms with Gasteiger partial charge < -0.3 is 15.2 Å². The van der Waals surface area contributed by atoms with E-state index in [-0.39, 0.29) is 6.61 Å². The van der Waals surface area contributed by atoms with E-state index in [1.54, 1.807) is 12.3 Å². The monoisotopic (exact) mass is 306 g/mol. The van der Waals surface area contributed by atoms with Crippen molar-refractivity contribution in [1.82, 2.24) is 10.3 Å². The Bertz CT molecular complexity index is 560. The molecule has 0 spiro atoms. The first-order chi connectivity index (χ1) is 10.1. The summed E-state index contributed by atoms with van der Waals surface area (Å²) in [6.07, 6.45) is 1.15. The predicted molar refractivity (Wildman–Crippen MR) is 83.6 cm³/mol. The third kappa shape index (κ3) is 5.71. The minimum absolute atomic E-state index is 0.259. The van der Waals surface area contributed by atoms with Crippen molar-refractivity contribution >= 4 is 11.6 Å². The number of aromatic nitrogens is 1. The standard InChI is InChI=1S/C16H19ClN2O2/c1-12-3-2-4-15(7-12)21-11-14(20)10-18-8-13-5-6-16(17)19-9-13/h2-7,9,14,18,20H,8,10-11H2,1H3. The van der Waals surface area contributed by atoms with Crippen LogP contribution in [-0.2, 0) is 6.54 Å². The van der Waals surface area contributed by atoms with Crippen LogP contribution in [0.4, 0.5) is 0 Å². The number of benzene rings is 1. The van der Waals surface area contributed by atoms with Crippen molar-refractivity contribution in [3.8, 4) is 5.75 Å². The highest BCUT2D eigenvalue weighted by Crippen LogP contribution is 2.12. The lowest BCUT2D eigenvalue weighted by atomic mass is 10.2. The van der Waals surface area contributed by atoms with E-state index in [1.807, 2.05) is 37.3 Å². The number of hydrogen-bond donors (Lipinski definition) is 2. The van der Waals surface area contributed by atoms with Crippen molar-refractivity contribution in [3.05, 3.63) is 58.9 Å². The molecular formula is C16H19ClN2O2. The van der Waals surface area contributed by atoms with Gasteiger partial charge in [-0.1, -0.05) is 29.8 Å². The number of hydrogen-bond acceptors (Lipinski definition) is 4. The molecule has 0 aliphatic rings. The van der Waals surface area contributed by atoms with Gasteiger partial charge in [0.15, 0.2) is 0 Å². The number of aliphatic hydroxyl groups is 1. The molecule has 0 aliphatic carbocycles. The molecule has 0 bridgehead atoms. The number of nitrogens with zero attached hydrogens (tertiary/aromatic N) is 1. The van der Waals surface area contributed by atoms with Crippen LogP contribution < -0.4 is 10.1 Å². The Balaban J connectivity index is 1.67. The minimum atomic E-state index is -0.564. The summed E-state index contributed by atoms with van der Waals surface area (Å²) in [4.78, 5) is 4.00. The molecule has 1 atom stereocenters. The first-order valence-electron chi connectivity index (χ1n) is 6.82. The molecule has 5 heteroatoms. The van der Waals surface area contributed by atoms with Crippen molar-refractivity contribution in [2.45, 2.75) is 19.6 Å². The number of halogens is 1. The first kappa shape index (κ1) is 15.8. The molecule has 1 aromatic heterocycles. The molecule has 2 rings (SSSR count). The summed E-state index contributed by atoms with van der Waals surface area (Å²) in [7, 11) is 0. The summed E-state index contributed by atoms with van der Waals surface area (Å²) in [6, 6.07) is 11.4. The summed E-state index contributed by atoms with van der Waals surface area (Å²) in [5.41, 5.74) is 2.15. The molecule has 21 heavy (non-hydrogen) atoms. The van der Waals surface area contributed by atoms with Crippen LogP contribution in [0.2, 0.25) is 5.15 Å². The van der Waals surface area contributed by atoms with Crippen LogP contribution in [0.5, 0.6) is 5.75 Å². The average Bonchev–Trinajstić information content (AvgIpc) is 2.47. The molecule has 0 aliphatic heterocycles. The normalized spacial score (nSPS) is 12.1. The maximum atomic E-state index is 9.88. The number of nitrogens with one attached hydrogen (secondary N) is 1. The van der Waals surface area contributed by atoms with Crippen LogP contribution in [-0.4, -0.2) is 29.3 Å². The molecule has 0 saturated carbocycles. The average molecular weight is 307 g/mol. The molecule has 1 aromatic carbocycles. The molecule has 2 aromatic rings. The largest absolute Gasteiger partial charge is 0.491 e. The lowest BCUT2D eigenvalue weighted by molar-refractivity contribution is 0.106. The SMILES string of the molecule is Cc1cccc(OCC(O)CNCc2ccc(Cl)nc2)c1. The van der Waals surface area contributed by atoms with Gasteiger partial charge in [0.2, 0.25) is 0 Å². The molecule has 0 saturated heterocycles. The van der Waals surface area contributed by atoms with Crippen LogP contribution in [0, 0.1) is 6.92 Å². The zero-order chi connectivity index (χ0) is 15.1. The first-order valence-corrected chi connectivity index (χ1v) is 7.20. The molecule has 112 valence electrons. The summed E-state index contributed by atoms with van der Waals surface area (Å²) >= 11 is 5.72. The lowest BCUT2D eigenvalue weighted by Crippen LogP contribution is -2.31. The van der Waals surface area contributed by atoms with Gasteiger partial charge in [0.25, 0.3) is 0 Å². The number of pyridine rings is 1. The number of aliphatic hydroxyl groups excluding tert-OH is 1. The fourth-order valence-corrected chi connectivity index (χ4v) is 1.96. The predicted octanol–water partition coefficient (Wildman–Crippen LogP) is 2.57. The zero-order valence-corrected chi connectivity index (χ0v) is 12.7. The molecule has 0 radical (unpaired) electrons. The quantitative estimate of drug-likeness (QED) is 0.772. The van der Waals surface area contributed by atoms with Gasteiger partial charge in [-0.15, -0.1) is 0 Å². The highest BCUT2D eigenvalue weighted by molar-refractivity contribution is 6.29. The smallest absolute Gasteiger partial charge is 0.129 e. The van der Waals surface area contributed by atoms with E-state index >= 15 is 0 Å². The minimum Gasteiger partial charge on any atom is -0.491 e. The van der Waals surface area contributed by atoms with Gasteiger partial charge >= 0.3 is 0 Å². The third-order valence-electron chi connectivity index (χ3n) is 2.93. The van der Waals surface area contributed by atoms with E-state index < -0.39 is 6.10 Å². The Hall–Kier alpha value is -1.62. The topological polar surface area (TPSA) is 54.4 Å². The Morgan fingerprint density at radius 1 is 1.33 bits per heavy atom. The highest BCUT2D eigenvalue weighted by Gasteiger charge is 2.05. The van der Waals surface area contributed by atoms with Crippen LogP contribution in [0.3, 0.4) is 0 Å². The fraction of sp³-hybridized carbons (Fsp3) is 0.312. The van der Waals surface area contributed by atoms with Gasteiger partial charge in [0.05, 0.1) is 0 Å². The Morgan fingerprint density at radius 2 is 2.19 bits per heavy atom. The van der Waals surface area contributed by atoms with E-state index in [9.17, 15) is 5.11 Å². The van der Waals surface area contributed by atoms with Crippen LogP contribution >= 0.6 is 11.6 Å². The molecule has 1 heterocycles. The van der Waals surface area contributed by atoms with E-state index in [2.05, 4.69) is 10.3 Å². The molecule has 4 nitrogen and oxygen atoms in total. The Labute approximate surface area is 129 Å². The van der Waals surface area contributed by atoms with Gasteiger partial charge in [-0.05, 0) is 36.2 Å². The van der Waals surface area contributed by atoms with Gasteiger partial charge in [0, 0.05) is 19.3 Å². The van der Waals surface area contributed by atoms with E-state index in [0.717, 1.165) is 16.9 Å². The Kier molecular flexibility index (Phi) is 5.99. The number of rotatable bonds is 7. The van der Waals surface area contributed by atoms with Crippen molar-refractivity contribution in [3.63, 3.8) is 0 Å². The molecule has 1 unspecified atom stereocenters. The van der Waals surface area contributed by atoms with Crippen molar-refractivity contribution < 1.29 is 9.84 Å². The van der Waals surface area contributed by atoms with Crippen LogP contribution in [0.25, 0.3) is 0 Å². The van der Waals surface area contributed by atoms with Crippen molar-refractivity contribution in [1.29, 1.82) is 0 Å². The fourth-order valence-electron chi connectivity index (χ4n) is 1.85. The van der Waals surface area contributed by atoms with E-state index in [1.165, 1.54) is 0 Å². The number of aryl methyl sites for hydroxylation is 1. The molecule has 0 amide bonds. The van der Waals surface area contributed by atoms with E-state index in [4.69, 9.17) is 16.3 Å². The highest BCUT2D eigenvalue weighted by atomic mass is 35.5. The van der Waals surface area contributed by atoms with Gasteiger partial charge in [-0.2, -0.15) is 0 Å². The van der Waals surface area contributed by atoms with Crippen molar-refractivity contribution in [2.24, 2.45) is 0 Å². The second-order valence-corrected chi connectivity index (χ2v) is 5.29. The van der Waals surface area contributed by atoms with Gasteiger partial charge in [-0.25, -0.2) is 4.98 Å². The number of ether oxygens (including phenoxy) is 1. The van der Waals surface area contributed by atoms with Crippen LogP contribution in [0.15, 0.2) is 42.6 Å². The Morgan fingerprint density at radius 3 is 2.90 bits per heavy atom. The lowest BCUT2D eigenvalue weighted by Gasteiger charge is -2.13. The van der Waals surface area contributed by atoms with Gasteiger partial charge in [-0.3, -0.25) is 0 Å². The summed E-state index contributed by atoms with van der Waals surface area (Å²) in [5.74, 6) is 0.774. The van der Waals surface area contributed by atoms with Gasteiger partial charge in [0.1, 0.15) is 23.6 Å². The molecular weight excluding hydrogens is 288 g/mol.